The van der Waals surface area contributed by atoms with E-state index in [4.69, 9.17) is 23.1 Å². The van der Waals surface area contributed by atoms with Crippen molar-refractivity contribution in [2.75, 3.05) is 11.1 Å². The number of aryl methyl sites for hydroxylation is 1. The summed E-state index contributed by atoms with van der Waals surface area (Å²) in [5.74, 6) is -0.199. The van der Waals surface area contributed by atoms with Gasteiger partial charge in [0, 0.05) is 11.4 Å². The number of carbonyl (C=O) groups excluding carboxylic acids is 1. The molecule has 0 aliphatic rings. The van der Waals surface area contributed by atoms with Crippen LogP contribution in [0.15, 0.2) is 30.3 Å². The molecule has 6 heteroatoms. The Labute approximate surface area is 115 Å². The zero-order valence-corrected chi connectivity index (χ0v) is 11.0. The summed E-state index contributed by atoms with van der Waals surface area (Å²) < 4.78 is 0. The van der Waals surface area contributed by atoms with Crippen LogP contribution >= 0.6 is 11.6 Å². The molecule has 2 rings (SSSR count). The highest BCUT2D eigenvalue weighted by Gasteiger charge is 2.11. The molecule has 1 aromatic carbocycles. The summed E-state index contributed by atoms with van der Waals surface area (Å²) in [7, 11) is 0. The van der Waals surface area contributed by atoms with Crippen molar-refractivity contribution < 1.29 is 4.79 Å². The van der Waals surface area contributed by atoms with Crippen molar-refractivity contribution >= 4 is 34.7 Å². The molecule has 2 aromatic rings. The second kappa shape index (κ2) is 5.16. The lowest BCUT2D eigenvalue weighted by Gasteiger charge is -2.11. The van der Waals surface area contributed by atoms with Crippen molar-refractivity contribution in [3.05, 3.63) is 46.6 Å². The number of primary amides is 1. The first-order valence-electron chi connectivity index (χ1n) is 5.57. The molecule has 0 unspecified atom stereocenters. The molecule has 19 heavy (non-hydrogen) atoms. The lowest BCUT2D eigenvalue weighted by molar-refractivity contribution is 0.100. The lowest BCUT2D eigenvalue weighted by Crippen LogP contribution is -2.14. The van der Waals surface area contributed by atoms with E-state index >= 15 is 0 Å². The van der Waals surface area contributed by atoms with Crippen molar-refractivity contribution in [1.29, 1.82) is 0 Å². The van der Waals surface area contributed by atoms with E-state index in [-0.39, 0.29) is 0 Å². The van der Waals surface area contributed by atoms with Crippen molar-refractivity contribution in [2.45, 2.75) is 6.92 Å². The molecule has 5 nitrogen and oxygen atoms in total. The highest BCUT2D eigenvalue weighted by Crippen LogP contribution is 2.28. The number of carbonyl (C=O) groups is 1. The Balaban J connectivity index is 2.45. The quantitative estimate of drug-likeness (QED) is 0.751. The summed E-state index contributed by atoms with van der Waals surface area (Å²) >= 11 is 6.06. The summed E-state index contributed by atoms with van der Waals surface area (Å²) in [4.78, 5) is 15.6. The van der Waals surface area contributed by atoms with Crippen LogP contribution in [0, 0.1) is 6.92 Å². The number of nitrogens with one attached hydrogen (secondary N) is 1. The van der Waals surface area contributed by atoms with Gasteiger partial charge in [0.2, 0.25) is 0 Å². The molecule has 0 aliphatic heterocycles. The van der Waals surface area contributed by atoms with E-state index in [1.165, 1.54) is 0 Å². The number of anilines is 3. The zero-order valence-electron chi connectivity index (χ0n) is 10.3. The molecule has 0 atom stereocenters. The summed E-state index contributed by atoms with van der Waals surface area (Å²) in [6.45, 7) is 1.82. The molecule has 0 saturated carbocycles. The number of rotatable bonds is 3. The summed E-state index contributed by atoms with van der Waals surface area (Å²) in [5, 5.41) is 3.46. The van der Waals surface area contributed by atoms with Gasteiger partial charge in [0.1, 0.15) is 5.82 Å². The minimum Gasteiger partial charge on any atom is -0.399 e. The highest BCUT2D eigenvalue weighted by atomic mass is 35.5. The maximum Gasteiger partial charge on any atom is 0.252 e. The van der Waals surface area contributed by atoms with Crippen LogP contribution in [-0.4, -0.2) is 10.9 Å². The Morgan fingerprint density at radius 2 is 2.05 bits per heavy atom. The molecule has 5 N–H and O–H groups in total. The predicted molar refractivity (Wildman–Crippen MR) is 76.6 cm³/mol. The van der Waals surface area contributed by atoms with E-state index in [1.807, 2.05) is 6.92 Å². The van der Waals surface area contributed by atoms with Gasteiger partial charge in [-0.3, -0.25) is 4.79 Å². The maximum absolute atomic E-state index is 11.4. The number of aromatic nitrogens is 1. The fourth-order valence-corrected chi connectivity index (χ4v) is 1.78. The first kappa shape index (κ1) is 13.2. The van der Waals surface area contributed by atoms with Crippen molar-refractivity contribution in [1.82, 2.24) is 4.98 Å². The molecule has 0 spiro atoms. The molecule has 98 valence electrons. The normalized spacial score (nSPS) is 10.2. The average Bonchev–Trinajstić information content (AvgIpc) is 2.33. The van der Waals surface area contributed by atoms with Crippen LogP contribution in [0.4, 0.5) is 17.2 Å². The Morgan fingerprint density at radius 3 is 2.74 bits per heavy atom. The van der Waals surface area contributed by atoms with Crippen LogP contribution < -0.4 is 16.8 Å². The SMILES string of the molecule is Cc1ccc(C(N)=O)c(Nc2cc(N)ccc2Cl)n1. The molecule has 1 heterocycles. The van der Waals surface area contributed by atoms with Gasteiger partial charge in [0.25, 0.3) is 5.91 Å². The Hall–Kier alpha value is -2.27. The van der Waals surface area contributed by atoms with E-state index in [9.17, 15) is 4.79 Å². The number of nitrogens with two attached hydrogens (primary N) is 2. The number of benzene rings is 1. The van der Waals surface area contributed by atoms with Gasteiger partial charge in [-0.15, -0.1) is 0 Å². The third-order valence-electron chi connectivity index (χ3n) is 2.54. The molecule has 1 amide bonds. The van der Waals surface area contributed by atoms with E-state index < -0.39 is 5.91 Å². The van der Waals surface area contributed by atoms with Crippen molar-refractivity contribution in [3.8, 4) is 0 Å². The van der Waals surface area contributed by atoms with E-state index in [1.54, 1.807) is 30.3 Å². The number of hydrogen-bond donors (Lipinski definition) is 3. The molecule has 1 aromatic heterocycles. The van der Waals surface area contributed by atoms with Gasteiger partial charge in [0.05, 0.1) is 16.3 Å². The molecular formula is C13H13ClN4O. The van der Waals surface area contributed by atoms with Gasteiger partial charge in [-0.05, 0) is 37.3 Å². The van der Waals surface area contributed by atoms with Gasteiger partial charge in [-0.25, -0.2) is 4.98 Å². The maximum atomic E-state index is 11.4. The second-order valence-corrected chi connectivity index (χ2v) is 4.48. The number of hydrogen-bond acceptors (Lipinski definition) is 4. The van der Waals surface area contributed by atoms with Crippen molar-refractivity contribution in [3.63, 3.8) is 0 Å². The van der Waals surface area contributed by atoms with Crippen LogP contribution in [0.5, 0.6) is 0 Å². The first-order valence-corrected chi connectivity index (χ1v) is 5.94. The molecular weight excluding hydrogens is 264 g/mol. The monoisotopic (exact) mass is 276 g/mol. The Morgan fingerprint density at radius 1 is 1.32 bits per heavy atom. The van der Waals surface area contributed by atoms with Gasteiger partial charge < -0.3 is 16.8 Å². The third-order valence-corrected chi connectivity index (χ3v) is 2.87. The topological polar surface area (TPSA) is 94.0 Å². The smallest absolute Gasteiger partial charge is 0.252 e. The Kier molecular flexibility index (Phi) is 3.57. The van der Waals surface area contributed by atoms with Gasteiger partial charge in [0.15, 0.2) is 0 Å². The number of halogens is 1. The average molecular weight is 277 g/mol. The fraction of sp³-hybridized carbons (Fsp3) is 0.0769. The summed E-state index contributed by atoms with van der Waals surface area (Å²) in [6, 6.07) is 8.35. The van der Waals surface area contributed by atoms with E-state index in [0.29, 0.717) is 27.8 Å². The molecule has 0 aliphatic carbocycles. The third kappa shape index (κ3) is 2.95. The largest absolute Gasteiger partial charge is 0.399 e. The minimum absolute atomic E-state index is 0.295. The van der Waals surface area contributed by atoms with Crippen LogP contribution in [0.2, 0.25) is 5.02 Å². The number of pyridine rings is 1. The van der Waals surface area contributed by atoms with Crippen LogP contribution in [0.1, 0.15) is 16.1 Å². The standard InChI is InChI=1S/C13H13ClN4O/c1-7-2-4-9(12(16)19)13(17-7)18-11-6-8(15)3-5-10(11)14/h2-6H,15H2,1H3,(H2,16,19)(H,17,18). The number of nitrogen functional groups attached to an aromatic ring is 1. The zero-order chi connectivity index (χ0) is 14.0. The molecule has 0 fully saturated rings. The van der Waals surface area contributed by atoms with Gasteiger partial charge in [-0.1, -0.05) is 11.6 Å². The summed E-state index contributed by atoms with van der Waals surface area (Å²) in [5.41, 5.74) is 13.2. The van der Waals surface area contributed by atoms with Gasteiger partial charge >= 0.3 is 0 Å². The van der Waals surface area contributed by atoms with Gasteiger partial charge in [-0.2, -0.15) is 0 Å². The predicted octanol–water partition coefficient (Wildman–Crippen LogP) is 2.47. The molecule has 0 radical (unpaired) electrons. The van der Waals surface area contributed by atoms with E-state index in [2.05, 4.69) is 10.3 Å². The Bertz CT molecular complexity index is 643. The van der Waals surface area contributed by atoms with E-state index in [0.717, 1.165) is 5.69 Å². The van der Waals surface area contributed by atoms with Crippen LogP contribution in [0.25, 0.3) is 0 Å². The first-order chi connectivity index (χ1) is 8.97. The number of amides is 1. The fourth-order valence-electron chi connectivity index (χ4n) is 1.62. The number of nitrogens with zero attached hydrogens (tertiary/aromatic N) is 1. The highest BCUT2D eigenvalue weighted by molar-refractivity contribution is 6.33. The van der Waals surface area contributed by atoms with Crippen molar-refractivity contribution in [2.24, 2.45) is 5.73 Å². The van der Waals surface area contributed by atoms with Crippen LogP contribution in [0.3, 0.4) is 0 Å². The van der Waals surface area contributed by atoms with Crippen LogP contribution in [-0.2, 0) is 0 Å². The summed E-state index contributed by atoms with van der Waals surface area (Å²) in [6.07, 6.45) is 0. The second-order valence-electron chi connectivity index (χ2n) is 4.08. The lowest BCUT2D eigenvalue weighted by atomic mass is 10.2. The molecule has 0 saturated heterocycles. The molecule has 0 bridgehead atoms. The minimum atomic E-state index is -0.560.